The number of fused-ring (bicyclic) bond motifs is 1. The van der Waals surface area contributed by atoms with Gasteiger partial charge in [-0.1, -0.05) is 24.3 Å². The second-order valence-corrected chi connectivity index (χ2v) is 9.00. The molecule has 0 spiro atoms. The second-order valence-electron chi connectivity index (χ2n) is 8.12. The number of hydrogen-bond donors (Lipinski definition) is 1. The number of carbonyl (C=O) groups excluding carboxylic acids is 1. The quantitative estimate of drug-likeness (QED) is 0.356. The van der Waals surface area contributed by atoms with Gasteiger partial charge in [0.05, 0.1) is 11.4 Å². The summed E-state index contributed by atoms with van der Waals surface area (Å²) in [5.74, 6) is 0.273. The average molecular weight is 485 g/mol. The van der Waals surface area contributed by atoms with Gasteiger partial charge in [-0.2, -0.15) is 10.2 Å². The van der Waals surface area contributed by atoms with E-state index in [1.54, 1.807) is 30.3 Å². The van der Waals surface area contributed by atoms with E-state index in [9.17, 15) is 9.59 Å². The second kappa shape index (κ2) is 9.27. The van der Waals surface area contributed by atoms with Crippen molar-refractivity contribution < 1.29 is 4.79 Å². The molecular formula is C26H24N6O2S. The molecule has 0 saturated carbocycles. The highest BCUT2D eigenvalue weighted by atomic mass is 32.2. The van der Waals surface area contributed by atoms with Gasteiger partial charge >= 0.3 is 0 Å². The predicted octanol–water partition coefficient (Wildman–Crippen LogP) is 4.60. The van der Waals surface area contributed by atoms with Crippen LogP contribution in [0.3, 0.4) is 0 Å². The summed E-state index contributed by atoms with van der Waals surface area (Å²) in [6.07, 6.45) is 5.71. The van der Waals surface area contributed by atoms with E-state index in [1.165, 1.54) is 4.68 Å². The smallest absolute Gasteiger partial charge is 0.280 e. The maximum Gasteiger partial charge on any atom is 0.280 e. The van der Waals surface area contributed by atoms with Gasteiger partial charge in [0.1, 0.15) is 16.9 Å². The van der Waals surface area contributed by atoms with E-state index in [2.05, 4.69) is 10.4 Å². The monoisotopic (exact) mass is 484 g/mol. The van der Waals surface area contributed by atoms with Crippen LogP contribution in [0, 0.1) is 6.92 Å². The molecule has 0 unspecified atom stereocenters. The summed E-state index contributed by atoms with van der Waals surface area (Å²) < 4.78 is 4.84. The van der Waals surface area contributed by atoms with Crippen molar-refractivity contribution in [3.63, 3.8) is 0 Å². The van der Waals surface area contributed by atoms with E-state index in [0.717, 1.165) is 10.6 Å². The number of thioether (sulfide) groups is 1. The van der Waals surface area contributed by atoms with Crippen LogP contribution in [0.25, 0.3) is 22.4 Å². The van der Waals surface area contributed by atoms with E-state index in [4.69, 9.17) is 5.10 Å². The third kappa shape index (κ3) is 4.15. The van der Waals surface area contributed by atoms with Gasteiger partial charge < -0.3 is 9.88 Å². The van der Waals surface area contributed by atoms with Crippen molar-refractivity contribution in [1.29, 1.82) is 0 Å². The van der Waals surface area contributed by atoms with Crippen LogP contribution in [-0.2, 0) is 4.79 Å². The van der Waals surface area contributed by atoms with Crippen molar-refractivity contribution in [3.8, 4) is 11.5 Å². The summed E-state index contributed by atoms with van der Waals surface area (Å²) in [5.41, 5.74) is 2.17. The Bertz CT molecular complexity index is 1570. The fourth-order valence-corrected chi connectivity index (χ4v) is 4.47. The molecule has 9 heteroatoms. The number of carbonyl (C=O) groups is 1. The minimum absolute atomic E-state index is 0.324. The number of hydrogen-bond acceptors (Lipinski definition) is 5. The van der Waals surface area contributed by atoms with Gasteiger partial charge in [-0.05, 0) is 62.6 Å². The lowest BCUT2D eigenvalue weighted by Crippen LogP contribution is -2.34. The largest absolute Gasteiger partial charge is 0.324 e. The van der Waals surface area contributed by atoms with Crippen LogP contribution >= 0.6 is 11.8 Å². The van der Waals surface area contributed by atoms with Crippen LogP contribution in [0.5, 0.6) is 0 Å². The Balaban J connectivity index is 1.64. The number of anilines is 1. The summed E-state index contributed by atoms with van der Waals surface area (Å²) in [6, 6.07) is 20.1. The molecule has 5 rings (SSSR count). The van der Waals surface area contributed by atoms with Gasteiger partial charge in [-0.3, -0.25) is 9.59 Å². The molecule has 1 N–H and O–H groups in total. The van der Waals surface area contributed by atoms with Gasteiger partial charge in [-0.15, -0.1) is 11.8 Å². The summed E-state index contributed by atoms with van der Waals surface area (Å²) in [7, 11) is 0. The summed E-state index contributed by atoms with van der Waals surface area (Å²) >= 11 is 1.59. The Morgan fingerprint density at radius 3 is 2.46 bits per heavy atom. The number of amides is 1. The van der Waals surface area contributed by atoms with E-state index >= 15 is 0 Å². The molecule has 8 nitrogen and oxygen atoms in total. The van der Waals surface area contributed by atoms with Crippen molar-refractivity contribution in [2.24, 2.45) is 0 Å². The number of rotatable bonds is 6. The first-order valence-electron chi connectivity index (χ1n) is 11.1. The Morgan fingerprint density at radius 2 is 1.74 bits per heavy atom. The van der Waals surface area contributed by atoms with Crippen molar-refractivity contribution in [2.45, 2.75) is 24.8 Å². The van der Waals surface area contributed by atoms with E-state index in [1.807, 2.05) is 89.9 Å². The number of nitrogens with zero attached hydrogens (tertiary/aromatic N) is 5. The average Bonchev–Trinajstić information content (AvgIpc) is 3.55. The highest BCUT2D eigenvalue weighted by Crippen LogP contribution is 2.25. The fraction of sp³-hybridized carbons (Fsp3) is 0.154. The zero-order valence-corrected chi connectivity index (χ0v) is 20.4. The number of benzene rings is 2. The molecule has 176 valence electrons. The summed E-state index contributed by atoms with van der Waals surface area (Å²) in [4.78, 5) is 27.9. The zero-order chi connectivity index (χ0) is 24.5. The maximum absolute atomic E-state index is 13.8. The lowest BCUT2D eigenvalue weighted by molar-refractivity contribution is -0.119. The molecule has 0 aliphatic heterocycles. The molecule has 0 bridgehead atoms. The molecular weight excluding hydrogens is 460 g/mol. The molecule has 5 aromatic rings. The van der Waals surface area contributed by atoms with Crippen LogP contribution in [0.2, 0.25) is 0 Å². The predicted molar refractivity (Wildman–Crippen MR) is 139 cm³/mol. The van der Waals surface area contributed by atoms with Crippen molar-refractivity contribution in [3.05, 3.63) is 95.2 Å². The van der Waals surface area contributed by atoms with Crippen LogP contribution in [-0.4, -0.2) is 36.3 Å². The van der Waals surface area contributed by atoms with Crippen LogP contribution in [0.4, 0.5) is 5.69 Å². The van der Waals surface area contributed by atoms with Crippen LogP contribution < -0.4 is 10.9 Å². The van der Waals surface area contributed by atoms with Gasteiger partial charge in [0, 0.05) is 23.0 Å². The van der Waals surface area contributed by atoms with Crippen LogP contribution in [0.15, 0.2) is 88.8 Å². The zero-order valence-electron chi connectivity index (χ0n) is 19.5. The Labute approximate surface area is 206 Å². The highest BCUT2D eigenvalue weighted by Gasteiger charge is 2.25. The fourth-order valence-electron chi connectivity index (χ4n) is 4.01. The molecule has 0 aliphatic rings. The molecule has 0 aliphatic carbocycles. The SMILES string of the molecule is CSc1cccc(NC(=O)[C@H](C)n2nc(C)c3nn(-c4ccccc4)c(-n4cccc4)c3c2=O)c1. The van der Waals surface area contributed by atoms with Crippen molar-refractivity contribution in [1.82, 2.24) is 24.1 Å². The third-order valence-corrected chi connectivity index (χ3v) is 6.54. The molecule has 3 heterocycles. The normalized spacial score (nSPS) is 12.1. The first-order valence-corrected chi connectivity index (χ1v) is 12.4. The summed E-state index contributed by atoms with van der Waals surface area (Å²) in [5, 5.41) is 12.5. The standard InChI is InChI=1S/C26H24N6O2S/c1-17-23-22(25(30-14-7-8-15-30)32(29-23)20-11-5-4-6-12-20)26(34)31(28-17)18(2)24(33)27-19-10-9-13-21(16-19)35-3/h4-16,18H,1-3H3,(H,27,33)/t18-/m0/s1. The van der Waals surface area contributed by atoms with E-state index < -0.39 is 6.04 Å². The minimum Gasteiger partial charge on any atom is -0.324 e. The molecule has 1 atom stereocenters. The minimum atomic E-state index is -0.832. The van der Waals surface area contributed by atoms with E-state index in [0.29, 0.717) is 28.1 Å². The molecule has 0 radical (unpaired) electrons. The lowest BCUT2D eigenvalue weighted by Gasteiger charge is -2.15. The molecule has 3 aromatic heterocycles. The first-order chi connectivity index (χ1) is 17.0. The molecule has 2 aromatic carbocycles. The van der Waals surface area contributed by atoms with Gasteiger partial charge in [-0.25, -0.2) is 9.36 Å². The number of aryl methyl sites for hydroxylation is 1. The lowest BCUT2D eigenvalue weighted by atomic mass is 10.2. The Hall–Kier alpha value is -4.11. The Kier molecular flexibility index (Phi) is 6.00. The van der Waals surface area contributed by atoms with Crippen molar-refractivity contribution >= 4 is 34.3 Å². The molecule has 0 fully saturated rings. The number of aromatic nitrogens is 5. The maximum atomic E-state index is 13.8. The van der Waals surface area contributed by atoms with Gasteiger partial charge in [0.2, 0.25) is 5.91 Å². The molecule has 1 amide bonds. The molecule has 0 saturated heterocycles. The highest BCUT2D eigenvalue weighted by molar-refractivity contribution is 7.98. The first kappa shape index (κ1) is 22.7. The summed E-state index contributed by atoms with van der Waals surface area (Å²) in [6.45, 7) is 3.47. The van der Waals surface area contributed by atoms with Gasteiger partial charge in [0.25, 0.3) is 5.56 Å². The van der Waals surface area contributed by atoms with E-state index in [-0.39, 0.29) is 11.5 Å². The topological polar surface area (TPSA) is 86.7 Å². The number of nitrogens with one attached hydrogen (secondary N) is 1. The number of para-hydroxylation sites is 1. The van der Waals surface area contributed by atoms with Gasteiger partial charge in [0.15, 0.2) is 5.82 Å². The Morgan fingerprint density at radius 1 is 1.00 bits per heavy atom. The molecule has 35 heavy (non-hydrogen) atoms. The van der Waals surface area contributed by atoms with Crippen molar-refractivity contribution in [2.75, 3.05) is 11.6 Å². The third-order valence-electron chi connectivity index (χ3n) is 5.82. The van der Waals surface area contributed by atoms with Crippen LogP contribution in [0.1, 0.15) is 18.7 Å².